The summed E-state index contributed by atoms with van der Waals surface area (Å²) in [6.07, 6.45) is 0. The maximum atomic E-state index is 12.4. The standard InChI is InChI=1S/C19H22ClN3O2/c1-14-6-7-18(25-2)17(12-14)22-8-10-23(11-9-22)19(24)21-16-5-3-4-15(20)13-16/h3-7,12-13H,8-11H2,1-2H3,(H,21,24). The number of ether oxygens (including phenoxy) is 1. The maximum Gasteiger partial charge on any atom is 0.321 e. The zero-order chi connectivity index (χ0) is 17.8. The first-order valence-electron chi connectivity index (χ1n) is 8.28. The molecule has 0 bridgehead atoms. The Bertz CT molecular complexity index is 758. The molecule has 1 aliphatic rings. The van der Waals surface area contributed by atoms with Gasteiger partial charge in [-0.05, 0) is 42.8 Å². The number of rotatable bonds is 3. The maximum absolute atomic E-state index is 12.4. The molecule has 0 saturated carbocycles. The van der Waals surface area contributed by atoms with Crippen molar-refractivity contribution in [1.82, 2.24) is 4.90 Å². The Morgan fingerprint density at radius 2 is 1.88 bits per heavy atom. The highest BCUT2D eigenvalue weighted by Crippen LogP contribution is 2.30. The minimum atomic E-state index is -0.0990. The molecule has 6 heteroatoms. The van der Waals surface area contributed by atoms with Gasteiger partial charge in [-0.25, -0.2) is 4.79 Å². The van der Waals surface area contributed by atoms with E-state index < -0.39 is 0 Å². The van der Waals surface area contributed by atoms with Crippen LogP contribution >= 0.6 is 11.6 Å². The summed E-state index contributed by atoms with van der Waals surface area (Å²) in [5.74, 6) is 0.863. The van der Waals surface area contributed by atoms with Crippen LogP contribution in [0.1, 0.15) is 5.56 Å². The average Bonchev–Trinajstić information content (AvgIpc) is 2.62. The fourth-order valence-electron chi connectivity index (χ4n) is 2.97. The summed E-state index contributed by atoms with van der Waals surface area (Å²) in [4.78, 5) is 16.5. The van der Waals surface area contributed by atoms with Gasteiger partial charge in [0, 0.05) is 36.9 Å². The van der Waals surface area contributed by atoms with Gasteiger partial charge in [0.05, 0.1) is 12.8 Å². The van der Waals surface area contributed by atoms with Gasteiger partial charge in [-0.2, -0.15) is 0 Å². The van der Waals surface area contributed by atoms with Crippen LogP contribution in [0.25, 0.3) is 0 Å². The molecule has 2 amide bonds. The lowest BCUT2D eigenvalue weighted by Gasteiger charge is -2.36. The molecule has 0 aromatic heterocycles. The minimum Gasteiger partial charge on any atom is -0.495 e. The zero-order valence-electron chi connectivity index (χ0n) is 14.5. The van der Waals surface area contributed by atoms with Crippen LogP contribution in [0.5, 0.6) is 5.75 Å². The van der Waals surface area contributed by atoms with Crippen LogP contribution in [0.3, 0.4) is 0 Å². The van der Waals surface area contributed by atoms with Crippen molar-refractivity contribution in [3.8, 4) is 5.75 Å². The second-order valence-corrected chi connectivity index (χ2v) is 6.53. The Morgan fingerprint density at radius 3 is 2.56 bits per heavy atom. The van der Waals surface area contributed by atoms with Gasteiger partial charge in [-0.15, -0.1) is 0 Å². The number of aryl methyl sites for hydroxylation is 1. The van der Waals surface area contributed by atoms with Crippen molar-refractivity contribution in [2.45, 2.75) is 6.92 Å². The molecule has 0 aliphatic carbocycles. The van der Waals surface area contributed by atoms with E-state index in [2.05, 4.69) is 23.2 Å². The molecular weight excluding hydrogens is 338 g/mol. The van der Waals surface area contributed by atoms with Crippen molar-refractivity contribution in [2.24, 2.45) is 0 Å². The molecule has 2 aromatic rings. The van der Waals surface area contributed by atoms with Gasteiger partial charge in [-0.1, -0.05) is 23.7 Å². The SMILES string of the molecule is COc1ccc(C)cc1N1CCN(C(=O)Nc2cccc(Cl)c2)CC1. The van der Waals surface area contributed by atoms with Gasteiger partial charge < -0.3 is 19.9 Å². The third kappa shape index (κ3) is 4.17. The predicted molar refractivity (Wildman–Crippen MR) is 102 cm³/mol. The van der Waals surface area contributed by atoms with E-state index in [-0.39, 0.29) is 6.03 Å². The Balaban J connectivity index is 1.62. The largest absolute Gasteiger partial charge is 0.495 e. The van der Waals surface area contributed by atoms with Gasteiger partial charge in [-0.3, -0.25) is 0 Å². The Labute approximate surface area is 153 Å². The summed E-state index contributed by atoms with van der Waals surface area (Å²) >= 11 is 5.96. The van der Waals surface area contributed by atoms with Gasteiger partial charge in [0.1, 0.15) is 5.75 Å². The van der Waals surface area contributed by atoms with E-state index in [9.17, 15) is 4.79 Å². The highest BCUT2D eigenvalue weighted by molar-refractivity contribution is 6.30. The molecule has 132 valence electrons. The van der Waals surface area contributed by atoms with Gasteiger partial charge in [0.2, 0.25) is 0 Å². The van der Waals surface area contributed by atoms with E-state index in [1.165, 1.54) is 5.56 Å². The molecule has 1 aliphatic heterocycles. The number of carbonyl (C=O) groups excluding carboxylic acids is 1. The second-order valence-electron chi connectivity index (χ2n) is 6.09. The van der Waals surface area contributed by atoms with Crippen molar-refractivity contribution in [3.05, 3.63) is 53.1 Å². The number of nitrogens with one attached hydrogen (secondary N) is 1. The number of urea groups is 1. The number of carbonyl (C=O) groups is 1. The molecule has 25 heavy (non-hydrogen) atoms. The second kappa shape index (κ2) is 7.66. The van der Waals surface area contributed by atoms with E-state index >= 15 is 0 Å². The predicted octanol–water partition coefficient (Wildman–Crippen LogP) is 4.01. The van der Waals surface area contributed by atoms with Crippen LogP contribution in [-0.2, 0) is 0 Å². The van der Waals surface area contributed by atoms with Crippen LogP contribution in [0.2, 0.25) is 5.02 Å². The Kier molecular flexibility index (Phi) is 5.34. The van der Waals surface area contributed by atoms with E-state index in [1.54, 1.807) is 19.2 Å². The number of hydrogen-bond donors (Lipinski definition) is 1. The van der Waals surface area contributed by atoms with Crippen LogP contribution in [0.15, 0.2) is 42.5 Å². The molecule has 0 atom stereocenters. The van der Waals surface area contributed by atoms with Gasteiger partial charge in [0.15, 0.2) is 0 Å². The van der Waals surface area contributed by atoms with Crippen molar-refractivity contribution in [1.29, 1.82) is 0 Å². The number of anilines is 2. The molecule has 5 nitrogen and oxygen atoms in total. The summed E-state index contributed by atoms with van der Waals surface area (Å²) in [5.41, 5.74) is 2.98. The molecule has 1 saturated heterocycles. The highest BCUT2D eigenvalue weighted by Gasteiger charge is 2.23. The number of piperazine rings is 1. The van der Waals surface area contributed by atoms with E-state index in [4.69, 9.17) is 16.3 Å². The van der Waals surface area contributed by atoms with Gasteiger partial charge in [0.25, 0.3) is 0 Å². The number of nitrogens with zero attached hydrogens (tertiary/aromatic N) is 2. The molecule has 2 aromatic carbocycles. The molecular formula is C19H22ClN3O2. The third-order valence-corrected chi connectivity index (χ3v) is 4.55. The molecule has 0 spiro atoms. The van der Waals surface area contributed by atoms with Crippen LogP contribution in [-0.4, -0.2) is 44.2 Å². The van der Waals surface area contributed by atoms with E-state index in [1.807, 2.05) is 29.2 Å². The molecule has 1 N–H and O–H groups in total. The summed E-state index contributed by atoms with van der Waals surface area (Å²) in [5, 5.41) is 3.50. The quantitative estimate of drug-likeness (QED) is 0.900. The number of amides is 2. The first kappa shape index (κ1) is 17.4. The smallest absolute Gasteiger partial charge is 0.321 e. The number of benzene rings is 2. The van der Waals surface area contributed by atoms with Gasteiger partial charge >= 0.3 is 6.03 Å². The minimum absolute atomic E-state index is 0.0990. The normalized spacial score (nSPS) is 14.4. The Morgan fingerprint density at radius 1 is 1.12 bits per heavy atom. The zero-order valence-corrected chi connectivity index (χ0v) is 15.2. The number of methoxy groups -OCH3 is 1. The summed E-state index contributed by atoms with van der Waals surface area (Å²) in [6, 6.07) is 13.2. The Hall–Kier alpha value is -2.40. The molecule has 1 fully saturated rings. The third-order valence-electron chi connectivity index (χ3n) is 4.32. The van der Waals surface area contributed by atoms with Crippen molar-refractivity contribution < 1.29 is 9.53 Å². The van der Waals surface area contributed by atoms with Crippen LogP contribution in [0.4, 0.5) is 16.2 Å². The first-order valence-corrected chi connectivity index (χ1v) is 8.65. The number of hydrogen-bond acceptors (Lipinski definition) is 3. The molecule has 0 radical (unpaired) electrons. The van der Waals surface area contributed by atoms with E-state index in [0.717, 1.165) is 24.5 Å². The van der Waals surface area contributed by atoms with Crippen molar-refractivity contribution in [3.63, 3.8) is 0 Å². The summed E-state index contributed by atoms with van der Waals surface area (Å²) < 4.78 is 5.47. The lowest BCUT2D eigenvalue weighted by Crippen LogP contribution is -2.50. The number of halogens is 1. The summed E-state index contributed by atoms with van der Waals surface area (Å²) in [7, 11) is 1.68. The topological polar surface area (TPSA) is 44.8 Å². The first-order chi connectivity index (χ1) is 12.1. The summed E-state index contributed by atoms with van der Waals surface area (Å²) in [6.45, 7) is 4.91. The molecule has 3 rings (SSSR count). The average molecular weight is 360 g/mol. The lowest BCUT2D eigenvalue weighted by atomic mass is 10.1. The van der Waals surface area contributed by atoms with E-state index in [0.29, 0.717) is 23.8 Å². The monoisotopic (exact) mass is 359 g/mol. The van der Waals surface area contributed by atoms with Crippen LogP contribution < -0.4 is 15.0 Å². The lowest BCUT2D eigenvalue weighted by molar-refractivity contribution is 0.208. The fraction of sp³-hybridized carbons (Fsp3) is 0.316. The molecule has 0 unspecified atom stereocenters. The molecule has 1 heterocycles. The van der Waals surface area contributed by atoms with Crippen LogP contribution in [0, 0.1) is 6.92 Å². The highest BCUT2D eigenvalue weighted by atomic mass is 35.5. The van der Waals surface area contributed by atoms with Crippen molar-refractivity contribution in [2.75, 3.05) is 43.5 Å². The van der Waals surface area contributed by atoms with Crippen molar-refractivity contribution >= 4 is 29.0 Å². The fourth-order valence-corrected chi connectivity index (χ4v) is 3.16.